The normalized spacial score (nSPS) is 13.0. The summed E-state index contributed by atoms with van der Waals surface area (Å²) in [6, 6.07) is 26.5. The molecule has 6 rings (SSSR count). The van der Waals surface area contributed by atoms with Gasteiger partial charge >= 0.3 is 11.9 Å². The lowest BCUT2D eigenvalue weighted by Gasteiger charge is -2.12. The highest BCUT2D eigenvalue weighted by molar-refractivity contribution is 9.10. The minimum atomic E-state index is -0.339. The van der Waals surface area contributed by atoms with Crippen molar-refractivity contribution in [3.05, 3.63) is 112 Å². The first kappa shape index (κ1) is 38.0. The fourth-order valence-corrected chi connectivity index (χ4v) is 5.82. The van der Waals surface area contributed by atoms with E-state index in [0.29, 0.717) is 23.3 Å². The zero-order valence-corrected chi connectivity index (χ0v) is 31.3. The predicted octanol–water partition coefficient (Wildman–Crippen LogP) is 9.22. The highest BCUT2D eigenvalue weighted by Crippen LogP contribution is 2.37. The molecule has 0 saturated heterocycles. The van der Waals surface area contributed by atoms with Crippen LogP contribution in [0.25, 0.3) is 0 Å². The Bertz CT molecular complexity index is 1630. The van der Waals surface area contributed by atoms with Crippen LogP contribution in [0.2, 0.25) is 0 Å². The molecular weight excluding hydrogens is 728 g/mol. The lowest BCUT2D eigenvalue weighted by atomic mass is 10.2. The molecule has 2 aliphatic rings. The number of benzene rings is 4. The van der Waals surface area contributed by atoms with Crippen molar-refractivity contribution in [3.63, 3.8) is 0 Å². The SMILES string of the molecule is COC(=O)c1ccc(OC2CC2)c(Br)c1.COC(=O)c1ccc(OC2CC2)c(SCc2ccc(OC)cc2)c1.COc1ccc(CS)cc1. The van der Waals surface area contributed by atoms with Crippen LogP contribution in [-0.2, 0) is 21.0 Å². The molecule has 2 aliphatic carbocycles. The number of ether oxygens (including phenoxy) is 6. The number of hydrogen-bond acceptors (Lipinski definition) is 10. The van der Waals surface area contributed by atoms with Gasteiger partial charge in [-0.15, -0.1) is 11.8 Å². The van der Waals surface area contributed by atoms with E-state index in [1.807, 2.05) is 60.7 Å². The van der Waals surface area contributed by atoms with Crippen molar-refractivity contribution < 1.29 is 38.0 Å². The first-order chi connectivity index (χ1) is 23.8. The van der Waals surface area contributed by atoms with Gasteiger partial charge in [-0.2, -0.15) is 12.6 Å². The molecule has 0 N–H and O–H groups in total. The second kappa shape index (κ2) is 19.4. The van der Waals surface area contributed by atoms with Crippen LogP contribution < -0.4 is 18.9 Å². The van der Waals surface area contributed by atoms with Crippen molar-refractivity contribution in [2.45, 2.75) is 54.3 Å². The van der Waals surface area contributed by atoms with Gasteiger partial charge in [0, 0.05) is 11.5 Å². The average Bonchev–Trinajstić information content (AvgIpc) is 4.10. The summed E-state index contributed by atoms with van der Waals surface area (Å²) in [5.41, 5.74) is 3.45. The maximum atomic E-state index is 11.8. The molecule has 11 heteroatoms. The van der Waals surface area contributed by atoms with Crippen LogP contribution in [0.15, 0.2) is 94.3 Å². The Morgan fingerprint density at radius 1 is 0.673 bits per heavy atom. The summed E-state index contributed by atoms with van der Waals surface area (Å²) in [7, 11) is 6.07. The molecule has 0 aliphatic heterocycles. The number of esters is 2. The standard InChI is InChI=1S/C19H20O4S.C11H11BrO3.C8H10OS/c1-21-15-6-3-13(4-7-15)12-24-18-11-14(19(20)22-2)5-10-17(18)23-16-8-9-16;1-14-11(13)7-2-5-10(9(12)6-7)15-8-3-4-8;1-9-8-4-2-7(6-10)3-5-8/h3-7,10-11,16H,8-9,12H2,1-2H3;2,5-6,8H,3-4H2,1H3;2-5,10H,6H2,1H3. The Hall–Kier alpha value is -3.80. The van der Waals surface area contributed by atoms with E-state index >= 15 is 0 Å². The summed E-state index contributed by atoms with van der Waals surface area (Å²) in [5.74, 6) is 4.25. The average molecular weight is 770 g/mol. The summed E-state index contributed by atoms with van der Waals surface area (Å²) in [4.78, 5) is 24.0. The second-order valence-electron chi connectivity index (χ2n) is 11.1. The van der Waals surface area contributed by atoms with Crippen molar-refractivity contribution in [2.24, 2.45) is 0 Å². The fourth-order valence-electron chi connectivity index (χ4n) is 4.15. The smallest absolute Gasteiger partial charge is 0.337 e. The third kappa shape index (κ3) is 12.5. The molecule has 8 nitrogen and oxygen atoms in total. The molecule has 0 aromatic heterocycles. The zero-order valence-electron chi connectivity index (χ0n) is 28.0. The molecular formula is C38H41BrO8S2. The van der Waals surface area contributed by atoms with Gasteiger partial charge in [-0.05, 0) is 113 Å². The highest BCUT2D eigenvalue weighted by atomic mass is 79.9. The number of halogens is 1. The monoisotopic (exact) mass is 768 g/mol. The number of carbonyl (C=O) groups is 2. The molecule has 4 aromatic carbocycles. The van der Waals surface area contributed by atoms with E-state index < -0.39 is 0 Å². The molecule has 0 bridgehead atoms. The lowest BCUT2D eigenvalue weighted by molar-refractivity contribution is 0.0591. The van der Waals surface area contributed by atoms with Gasteiger partial charge in [0.1, 0.15) is 23.0 Å². The van der Waals surface area contributed by atoms with Gasteiger partial charge in [0.15, 0.2) is 0 Å². The van der Waals surface area contributed by atoms with E-state index in [2.05, 4.69) is 33.3 Å². The van der Waals surface area contributed by atoms with Crippen LogP contribution in [0.5, 0.6) is 23.0 Å². The third-order valence-electron chi connectivity index (χ3n) is 7.25. The first-order valence-corrected chi connectivity index (χ1v) is 18.1. The van der Waals surface area contributed by atoms with E-state index in [1.165, 1.54) is 25.3 Å². The van der Waals surface area contributed by atoms with Crippen molar-refractivity contribution in [1.29, 1.82) is 0 Å². The molecule has 4 aromatic rings. The first-order valence-electron chi connectivity index (χ1n) is 15.7. The zero-order chi connectivity index (χ0) is 35.2. The second-order valence-corrected chi connectivity index (χ2v) is 13.3. The third-order valence-corrected chi connectivity index (χ3v) is 9.34. The maximum absolute atomic E-state index is 11.8. The summed E-state index contributed by atoms with van der Waals surface area (Å²) < 4.78 is 32.0. The topological polar surface area (TPSA) is 89.5 Å². The summed E-state index contributed by atoms with van der Waals surface area (Å²) in [6.45, 7) is 0. The minimum Gasteiger partial charge on any atom is -0.497 e. The van der Waals surface area contributed by atoms with E-state index in [9.17, 15) is 9.59 Å². The summed E-state index contributed by atoms with van der Waals surface area (Å²) in [5, 5.41) is 0. The van der Waals surface area contributed by atoms with Crippen LogP contribution in [0.4, 0.5) is 0 Å². The molecule has 0 radical (unpaired) electrons. The minimum absolute atomic E-state index is 0.314. The van der Waals surface area contributed by atoms with Gasteiger partial charge in [-0.1, -0.05) is 24.3 Å². The quantitative estimate of drug-likeness (QED) is 0.0861. The Morgan fingerprint density at radius 2 is 1.14 bits per heavy atom. The molecule has 0 heterocycles. The molecule has 0 atom stereocenters. The van der Waals surface area contributed by atoms with Crippen molar-refractivity contribution in [3.8, 4) is 23.0 Å². The molecule has 2 saturated carbocycles. The van der Waals surface area contributed by atoms with Gasteiger partial charge in [-0.3, -0.25) is 0 Å². The Labute approximate surface area is 306 Å². The number of methoxy groups -OCH3 is 4. The Balaban J connectivity index is 0.000000184. The molecule has 49 heavy (non-hydrogen) atoms. The van der Waals surface area contributed by atoms with Gasteiger partial charge in [-0.25, -0.2) is 9.59 Å². The fraction of sp³-hybridized carbons (Fsp3) is 0.316. The molecule has 0 spiro atoms. The Kier molecular flexibility index (Phi) is 15.1. The number of hydrogen-bond donors (Lipinski definition) is 1. The van der Waals surface area contributed by atoms with Gasteiger partial charge in [0.2, 0.25) is 0 Å². The summed E-state index contributed by atoms with van der Waals surface area (Å²) >= 11 is 9.15. The van der Waals surface area contributed by atoms with Gasteiger partial charge < -0.3 is 28.4 Å². The lowest BCUT2D eigenvalue weighted by Crippen LogP contribution is -2.03. The largest absolute Gasteiger partial charge is 0.497 e. The number of carbonyl (C=O) groups excluding carboxylic acids is 2. The van der Waals surface area contributed by atoms with E-state index in [4.69, 9.17) is 23.7 Å². The molecule has 260 valence electrons. The number of rotatable bonds is 12. The van der Waals surface area contributed by atoms with E-state index in [0.717, 1.165) is 69.6 Å². The van der Waals surface area contributed by atoms with Crippen LogP contribution in [-0.4, -0.2) is 52.6 Å². The van der Waals surface area contributed by atoms with E-state index in [1.54, 1.807) is 50.2 Å². The molecule has 2 fully saturated rings. The van der Waals surface area contributed by atoms with Crippen LogP contribution in [0.1, 0.15) is 57.5 Å². The van der Waals surface area contributed by atoms with Crippen molar-refractivity contribution in [1.82, 2.24) is 0 Å². The van der Waals surface area contributed by atoms with Crippen molar-refractivity contribution in [2.75, 3.05) is 28.4 Å². The molecule has 0 amide bonds. The van der Waals surface area contributed by atoms with Crippen LogP contribution in [0, 0.1) is 0 Å². The Morgan fingerprint density at radius 3 is 1.59 bits per heavy atom. The van der Waals surface area contributed by atoms with Gasteiger partial charge in [0.25, 0.3) is 0 Å². The van der Waals surface area contributed by atoms with E-state index in [-0.39, 0.29) is 11.9 Å². The van der Waals surface area contributed by atoms with Gasteiger partial charge in [0.05, 0.1) is 61.1 Å². The number of thiol groups is 1. The van der Waals surface area contributed by atoms with Crippen molar-refractivity contribution >= 4 is 52.3 Å². The maximum Gasteiger partial charge on any atom is 0.337 e. The highest BCUT2D eigenvalue weighted by Gasteiger charge is 2.25. The predicted molar refractivity (Wildman–Crippen MR) is 199 cm³/mol. The number of thioether (sulfide) groups is 1. The summed E-state index contributed by atoms with van der Waals surface area (Å²) in [6.07, 6.45) is 5.10. The van der Waals surface area contributed by atoms with Crippen LogP contribution >= 0.6 is 40.3 Å². The van der Waals surface area contributed by atoms with Crippen LogP contribution in [0.3, 0.4) is 0 Å². The molecule has 0 unspecified atom stereocenters.